The highest BCUT2D eigenvalue weighted by atomic mass is 79.9. The Bertz CT molecular complexity index is 306. The van der Waals surface area contributed by atoms with Gasteiger partial charge in [0.1, 0.15) is 0 Å². The molecule has 0 bridgehead atoms. The highest BCUT2D eigenvalue weighted by molar-refractivity contribution is 9.10. The first-order chi connectivity index (χ1) is 7.31. The normalized spacial score (nSPS) is 19.3. The maximum Gasteiger partial charge on any atom is 0.0483 e. The Morgan fingerprint density at radius 3 is 2.33 bits per heavy atom. The van der Waals surface area contributed by atoms with E-state index in [4.69, 9.17) is 11.6 Å². The largest absolute Gasteiger partial charge is 0.295 e. The molecule has 1 saturated heterocycles. The summed E-state index contributed by atoms with van der Waals surface area (Å²) in [5, 5.41) is 0. The van der Waals surface area contributed by atoms with E-state index in [2.05, 4.69) is 45.1 Å². The lowest BCUT2D eigenvalue weighted by Gasteiger charge is -2.25. The third-order valence-electron chi connectivity index (χ3n) is 2.98. The van der Waals surface area contributed by atoms with E-state index in [0.717, 1.165) is 4.47 Å². The van der Waals surface area contributed by atoms with Crippen molar-refractivity contribution < 1.29 is 0 Å². The highest BCUT2D eigenvalue weighted by Crippen LogP contribution is 2.27. The summed E-state index contributed by atoms with van der Waals surface area (Å²) < 4.78 is 1.13. The molecule has 0 aromatic heterocycles. The van der Waals surface area contributed by atoms with Crippen LogP contribution < -0.4 is 0 Å². The molecule has 0 radical (unpaired) electrons. The fraction of sp³-hybridized carbons (Fsp3) is 0.500. The number of hydrogen-bond acceptors (Lipinski definition) is 1. The molecular formula is C12H15BrClN. The molecule has 0 saturated carbocycles. The van der Waals surface area contributed by atoms with Gasteiger partial charge in [-0.05, 0) is 43.6 Å². The molecule has 0 amide bonds. The smallest absolute Gasteiger partial charge is 0.0483 e. The molecule has 1 fully saturated rings. The summed E-state index contributed by atoms with van der Waals surface area (Å²) in [6.45, 7) is 2.38. The van der Waals surface area contributed by atoms with Crippen LogP contribution in [0.3, 0.4) is 0 Å². The molecule has 3 heteroatoms. The lowest BCUT2D eigenvalue weighted by molar-refractivity contribution is 0.266. The van der Waals surface area contributed by atoms with Gasteiger partial charge in [0.05, 0.1) is 0 Å². The number of nitrogens with zero attached hydrogens (tertiary/aromatic N) is 1. The maximum absolute atomic E-state index is 6.07. The predicted octanol–water partition coefficient (Wildman–Crippen LogP) is 3.82. The molecule has 1 aromatic carbocycles. The Hall–Kier alpha value is -0.0500. The fourth-order valence-corrected chi connectivity index (χ4v) is 2.77. The number of halogens is 2. The average molecular weight is 289 g/mol. The van der Waals surface area contributed by atoms with Gasteiger partial charge in [0.15, 0.2) is 0 Å². The van der Waals surface area contributed by atoms with Gasteiger partial charge in [0.2, 0.25) is 0 Å². The van der Waals surface area contributed by atoms with Crippen LogP contribution in [0.5, 0.6) is 0 Å². The standard InChI is InChI=1S/C12H15BrClN/c13-11-5-3-10(4-6-11)12(9-14)15-7-1-2-8-15/h3-6,12H,1-2,7-9H2. The molecule has 0 aliphatic carbocycles. The quantitative estimate of drug-likeness (QED) is 0.764. The molecule has 2 rings (SSSR count). The van der Waals surface area contributed by atoms with Gasteiger partial charge < -0.3 is 0 Å². The third kappa shape index (κ3) is 2.74. The van der Waals surface area contributed by atoms with Crippen LogP contribution in [0.1, 0.15) is 24.4 Å². The average Bonchev–Trinajstić information content (AvgIpc) is 2.75. The van der Waals surface area contributed by atoms with Crippen LogP contribution in [0, 0.1) is 0 Å². The van der Waals surface area contributed by atoms with E-state index in [1.165, 1.54) is 31.5 Å². The van der Waals surface area contributed by atoms with Crippen LogP contribution in [0.25, 0.3) is 0 Å². The van der Waals surface area contributed by atoms with Gasteiger partial charge in [0, 0.05) is 16.4 Å². The van der Waals surface area contributed by atoms with Crippen molar-refractivity contribution in [2.45, 2.75) is 18.9 Å². The van der Waals surface area contributed by atoms with Gasteiger partial charge in [-0.3, -0.25) is 4.90 Å². The number of alkyl halides is 1. The summed E-state index contributed by atoms with van der Waals surface area (Å²) in [4.78, 5) is 2.48. The molecule has 1 nitrogen and oxygen atoms in total. The second kappa shape index (κ2) is 5.33. The van der Waals surface area contributed by atoms with Gasteiger partial charge in [0.25, 0.3) is 0 Å². The molecule has 1 atom stereocenters. The Morgan fingerprint density at radius 1 is 1.20 bits per heavy atom. The minimum absolute atomic E-state index is 0.391. The summed E-state index contributed by atoms with van der Waals surface area (Å²) in [7, 11) is 0. The van der Waals surface area contributed by atoms with Crippen molar-refractivity contribution in [1.82, 2.24) is 4.90 Å². The van der Waals surface area contributed by atoms with Crippen molar-refractivity contribution in [2.75, 3.05) is 19.0 Å². The summed E-state index contributed by atoms with van der Waals surface area (Å²) >= 11 is 9.52. The van der Waals surface area contributed by atoms with Crippen molar-refractivity contribution in [2.24, 2.45) is 0 Å². The zero-order valence-corrected chi connectivity index (χ0v) is 11.0. The van der Waals surface area contributed by atoms with Crippen LogP contribution in [-0.2, 0) is 0 Å². The third-order valence-corrected chi connectivity index (χ3v) is 3.80. The van der Waals surface area contributed by atoms with Crippen LogP contribution in [0.2, 0.25) is 0 Å². The van der Waals surface area contributed by atoms with Crippen molar-refractivity contribution in [3.8, 4) is 0 Å². The van der Waals surface area contributed by atoms with E-state index in [0.29, 0.717) is 11.9 Å². The van der Waals surface area contributed by atoms with Gasteiger partial charge in [-0.1, -0.05) is 28.1 Å². The van der Waals surface area contributed by atoms with Crippen molar-refractivity contribution >= 4 is 27.5 Å². The maximum atomic E-state index is 6.07. The highest BCUT2D eigenvalue weighted by Gasteiger charge is 2.22. The molecule has 15 heavy (non-hydrogen) atoms. The van der Waals surface area contributed by atoms with Crippen LogP contribution in [0.15, 0.2) is 28.7 Å². The van der Waals surface area contributed by atoms with Crippen LogP contribution in [-0.4, -0.2) is 23.9 Å². The molecule has 0 N–H and O–H groups in total. The number of rotatable bonds is 3. The Balaban J connectivity index is 2.14. The molecule has 1 aliphatic rings. The zero-order valence-electron chi connectivity index (χ0n) is 8.63. The number of likely N-dealkylation sites (tertiary alicyclic amines) is 1. The fourth-order valence-electron chi connectivity index (χ4n) is 2.14. The van der Waals surface area contributed by atoms with Crippen LogP contribution >= 0.6 is 27.5 Å². The number of benzene rings is 1. The van der Waals surface area contributed by atoms with Crippen molar-refractivity contribution in [3.05, 3.63) is 34.3 Å². The zero-order chi connectivity index (χ0) is 10.7. The lowest BCUT2D eigenvalue weighted by Crippen LogP contribution is -2.26. The van der Waals surface area contributed by atoms with Gasteiger partial charge in [-0.15, -0.1) is 11.6 Å². The molecule has 1 aliphatic heterocycles. The Kier molecular flexibility index (Phi) is 4.06. The van der Waals surface area contributed by atoms with E-state index in [9.17, 15) is 0 Å². The van der Waals surface area contributed by atoms with Crippen molar-refractivity contribution in [1.29, 1.82) is 0 Å². The van der Waals surface area contributed by atoms with E-state index < -0.39 is 0 Å². The van der Waals surface area contributed by atoms with Crippen molar-refractivity contribution in [3.63, 3.8) is 0 Å². The molecule has 1 heterocycles. The first-order valence-electron chi connectivity index (χ1n) is 5.37. The first kappa shape index (κ1) is 11.4. The second-order valence-electron chi connectivity index (χ2n) is 3.96. The number of hydrogen-bond donors (Lipinski definition) is 0. The Labute approximate surface area is 105 Å². The topological polar surface area (TPSA) is 3.24 Å². The molecule has 1 aromatic rings. The molecule has 0 spiro atoms. The van der Waals surface area contributed by atoms with Gasteiger partial charge in [-0.25, -0.2) is 0 Å². The van der Waals surface area contributed by atoms with E-state index in [1.807, 2.05) is 0 Å². The summed E-state index contributed by atoms with van der Waals surface area (Å²) in [6, 6.07) is 8.89. The van der Waals surface area contributed by atoms with E-state index in [1.54, 1.807) is 0 Å². The SMILES string of the molecule is ClCC(c1ccc(Br)cc1)N1CCCC1. The second-order valence-corrected chi connectivity index (χ2v) is 5.19. The molecular weight excluding hydrogens is 273 g/mol. The van der Waals surface area contributed by atoms with Gasteiger partial charge >= 0.3 is 0 Å². The first-order valence-corrected chi connectivity index (χ1v) is 6.69. The Morgan fingerprint density at radius 2 is 1.80 bits per heavy atom. The molecule has 1 unspecified atom stereocenters. The minimum Gasteiger partial charge on any atom is -0.295 e. The monoisotopic (exact) mass is 287 g/mol. The lowest BCUT2D eigenvalue weighted by atomic mass is 10.1. The van der Waals surface area contributed by atoms with Gasteiger partial charge in [-0.2, -0.15) is 0 Å². The van der Waals surface area contributed by atoms with E-state index >= 15 is 0 Å². The predicted molar refractivity (Wildman–Crippen MR) is 68.4 cm³/mol. The van der Waals surface area contributed by atoms with Crippen LogP contribution in [0.4, 0.5) is 0 Å². The molecule has 82 valence electrons. The minimum atomic E-state index is 0.391. The summed E-state index contributed by atoms with van der Waals surface area (Å²) in [6.07, 6.45) is 2.62. The van der Waals surface area contributed by atoms with E-state index in [-0.39, 0.29) is 0 Å². The summed E-state index contributed by atoms with van der Waals surface area (Å²) in [5.74, 6) is 0.682. The summed E-state index contributed by atoms with van der Waals surface area (Å²) in [5.41, 5.74) is 1.33.